The molecular weight excluding hydrogens is 266 g/mol. The van der Waals surface area contributed by atoms with Gasteiger partial charge in [-0.15, -0.1) is 0 Å². The standard InChI is InChI=1S/C12H17N3O5/c1-8(11(18)20-3)6-14(2)10(17)7-15-5-4-9(16)13-12(15)19/h4-5,8H,6-7H2,1-3H3,(H,13,16,19). The molecule has 20 heavy (non-hydrogen) atoms. The van der Waals surface area contributed by atoms with Crippen LogP contribution in [0.2, 0.25) is 0 Å². The van der Waals surface area contributed by atoms with Crippen molar-refractivity contribution in [2.75, 3.05) is 20.7 Å². The summed E-state index contributed by atoms with van der Waals surface area (Å²) in [5, 5.41) is 0. The van der Waals surface area contributed by atoms with Gasteiger partial charge in [0.25, 0.3) is 5.56 Å². The van der Waals surface area contributed by atoms with Gasteiger partial charge >= 0.3 is 11.7 Å². The van der Waals surface area contributed by atoms with Gasteiger partial charge in [-0.1, -0.05) is 6.92 Å². The van der Waals surface area contributed by atoms with Gasteiger partial charge < -0.3 is 9.64 Å². The van der Waals surface area contributed by atoms with Crippen LogP contribution in [0.1, 0.15) is 6.92 Å². The number of carbonyl (C=O) groups excluding carboxylic acids is 2. The number of methoxy groups -OCH3 is 1. The van der Waals surface area contributed by atoms with Gasteiger partial charge in [0.05, 0.1) is 13.0 Å². The number of likely N-dealkylation sites (N-methyl/N-ethyl adjacent to an activating group) is 1. The van der Waals surface area contributed by atoms with Crippen molar-refractivity contribution in [3.63, 3.8) is 0 Å². The molecule has 1 unspecified atom stereocenters. The number of carbonyl (C=O) groups is 2. The third-order valence-electron chi connectivity index (χ3n) is 2.78. The van der Waals surface area contributed by atoms with Gasteiger partial charge in [-0.3, -0.25) is 23.9 Å². The minimum absolute atomic E-state index is 0.184. The zero-order valence-electron chi connectivity index (χ0n) is 11.6. The van der Waals surface area contributed by atoms with E-state index in [9.17, 15) is 19.2 Å². The maximum atomic E-state index is 11.9. The van der Waals surface area contributed by atoms with E-state index in [1.165, 1.54) is 25.3 Å². The van der Waals surface area contributed by atoms with Crippen molar-refractivity contribution in [3.8, 4) is 0 Å². The molecule has 1 rings (SSSR count). The highest BCUT2D eigenvalue weighted by Crippen LogP contribution is 2.01. The van der Waals surface area contributed by atoms with E-state index in [0.717, 1.165) is 10.6 Å². The fourth-order valence-corrected chi connectivity index (χ4v) is 1.62. The molecule has 0 aliphatic carbocycles. The maximum absolute atomic E-state index is 11.9. The lowest BCUT2D eigenvalue weighted by Crippen LogP contribution is -2.39. The normalized spacial score (nSPS) is 11.8. The Morgan fingerprint density at radius 3 is 2.65 bits per heavy atom. The van der Waals surface area contributed by atoms with Crippen LogP contribution in [0, 0.1) is 5.92 Å². The molecule has 0 saturated carbocycles. The summed E-state index contributed by atoms with van der Waals surface area (Å²) in [7, 11) is 2.80. The topological polar surface area (TPSA) is 101 Å². The van der Waals surface area contributed by atoms with Crippen LogP contribution in [0.25, 0.3) is 0 Å². The van der Waals surface area contributed by atoms with E-state index in [0.29, 0.717) is 0 Å². The average Bonchev–Trinajstić information content (AvgIpc) is 2.40. The van der Waals surface area contributed by atoms with Crippen LogP contribution in [0.5, 0.6) is 0 Å². The number of hydrogen-bond donors (Lipinski definition) is 1. The minimum Gasteiger partial charge on any atom is -0.469 e. The predicted molar refractivity (Wildman–Crippen MR) is 70.1 cm³/mol. The first kappa shape index (κ1) is 15.7. The Morgan fingerprint density at radius 1 is 1.45 bits per heavy atom. The van der Waals surface area contributed by atoms with Gasteiger partial charge in [0.2, 0.25) is 5.91 Å². The summed E-state index contributed by atoms with van der Waals surface area (Å²) in [5.41, 5.74) is -1.17. The first-order chi connectivity index (χ1) is 9.35. The number of rotatable bonds is 5. The van der Waals surface area contributed by atoms with Crippen LogP contribution >= 0.6 is 0 Å². The van der Waals surface area contributed by atoms with Crippen molar-refractivity contribution in [3.05, 3.63) is 33.1 Å². The van der Waals surface area contributed by atoms with E-state index in [4.69, 9.17) is 0 Å². The monoisotopic (exact) mass is 283 g/mol. The van der Waals surface area contributed by atoms with E-state index in [2.05, 4.69) is 9.72 Å². The molecule has 0 radical (unpaired) electrons. The molecule has 8 nitrogen and oxygen atoms in total. The van der Waals surface area contributed by atoms with Crippen LogP contribution in [0.4, 0.5) is 0 Å². The van der Waals surface area contributed by atoms with Crippen molar-refractivity contribution in [1.29, 1.82) is 0 Å². The SMILES string of the molecule is COC(=O)C(C)CN(C)C(=O)Cn1ccc(=O)[nH]c1=O. The quantitative estimate of drug-likeness (QED) is 0.684. The summed E-state index contributed by atoms with van der Waals surface area (Å²) in [5.74, 6) is -1.22. The molecule has 0 bridgehead atoms. The molecule has 110 valence electrons. The number of aromatic amines is 1. The van der Waals surface area contributed by atoms with Gasteiger partial charge in [-0.25, -0.2) is 4.79 Å². The molecular formula is C12H17N3O5. The molecule has 1 heterocycles. The van der Waals surface area contributed by atoms with Gasteiger partial charge in [0, 0.05) is 25.9 Å². The van der Waals surface area contributed by atoms with Crippen LogP contribution in [0.15, 0.2) is 21.9 Å². The number of nitrogens with one attached hydrogen (secondary N) is 1. The molecule has 0 fully saturated rings. The number of amides is 1. The van der Waals surface area contributed by atoms with Crippen LogP contribution in [-0.2, 0) is 20.9 Å². The molecule has 1 aromatic rings. The molecule has 0 spiro atoms. The predicted octanol–water partition coefficient (Wildman–Crippen LogP) is -1.20. The van der Waals surface area contributed by atoms with Gasteiger partial charge in [0.1, 0.15) is 6.54 Å². The van der Waals surface area contributed by atoms with E-state index in [1.54, 1.807) is 6.92 Å². The molecule has 1 atom stereocenters. The van der Waals surface area contributed by atoms with Crippen LogP contribution in [0.3, 0.4) is 0 Å². The Balaban J connectivity index is 2.68. The van der Waals surface area contributed by atoms with Gasteiger partial charge in [0.15, 0.2) is 0 Å². The molecule has 1 aromatic heterocycles. The van der Waals surface area contributed by atoms with E-state index >= 15 is 0 Å². The Kier molecular flexibility index (Phi) is 5.24. The first-order valence-corrected chi connectivity index (χ1v) is 5.96. The second-order valence-corrected chi connectivity index (χ2v) is 4.44. The highest BCUT2D eigenvalue weighted by Gasteiger charge is 2.19. The minimum atomic E-state index is -0.653. The highest BCUT2D eigenvalue weighted by atomic mass is 16.5. The maximum Gasteiger partial charge on any atom is 0.328 e. The summed E-state index contributed by atoms with van der Waals surface area (Å²) in [6.07, 6.45) is 1.25. The van der Waals surface area contributed by atoms with Gasteiger partial charge in [-0.05, 0) is 0 Å². The summed E-state index contributed by atoms with van der Waals surface area (Å²) in [6, 6.07) is 1.16. The molecule has 0 aliphatic rings. The molecule has 8 heteroatoms. The molecule has 0 saturated heterocycles. The Morgan fingerprint density at radius 2 is 2.10 bits per heavy atom. The average molecular weight is 283 g/mol. The smallest absolute Gasteiger partial charge is 0.328 e. The zero-order valence-corrected chi connectivity index (χ0v) is 11.6. The largest absolute Gasteiger partial charge is 0.469 e. The Labute approximate surface area is 115 Å². The van der Waals surface area contributed by atoms with Crippen molar-refractivity contribution >= 4 is 11.9 Å². The van der Waals surface area contributed by atoms with Crippen molar-refractivity contribution in [2.45, 2.75) is 13.5 Å². The van der Waals surface area contributed by atoms with E-state index in [-0.39, 0.29) is 19.0 Å². The van der Waals surface area contributed by atoms with Crippen molar-refractivity contribution in [2.24, 2.45) is 5.92 Å². The second-order valence-electron chi connectivity index (χ2n) is 4.44. The van der Waals surface area contributed by atoms with Crippen LogP contribution < -0.4 is 11.2 Å². The first-order valence-electron chi connectivity index (χ1n) is 5.96. The fraction of sp³-hybridized carbons (Fsp3) is 0.500. The van der Waals surface area contributed by atoms with Crippen LogP contribution in [-0.4, -0.2) is 47.0 Å². The van der Waals surface area contributed by atoms with Crippen molar-refractivity contribution < 1.29 is 14.3 Å². The third kappa shape index (κ3) is 4.08. The summed E-state index contributed by atoms with van der Waals surface area (Å²) in [6.45, 7) is 1.62. The summed E-state index contributed by atoms with van der Waals surface area (Å²) >= 11 is 0. The van der Waals surface area contributed by atoms with E-state index < -0.39 is 23.1 Å². The Hall–Kier alpha value is -2.38. The lowest BCUT2D eigenvalue weighted by molar-refractivity contribution is -0.146. The molecule has 0 aromatic carbocycles. The lowest BCUT2D eigenvalue weighted by atomic mass is 10.2. The number of ether oxygens (including phenoxy) is 1. The lowest BCUT2D eigenvalue weighted by Gasteiger charge is -2.20. The zero-order chi connectivity index (χ0) is 15.3. The fourth-order valence-electron chi connectivity index (χ4n) is 1.62. The second kappa shape index (κ2) is 6.69. The summed E-state index contributed by atoms with van der Waals surface area (Å²) < 4.78 is 5.66. The van der Waals surface area contributed by atoms with Crippen molar-refractivity contribution in [1.82, 2.24) is 14.5 Å². The van der Waals surface area contributed by atoms with Gasteiger partial charge in [-0.2, -0.15) is 0 Å². The number of nitrogens with zero attached hydrogens (tertiary/aromatic N) is 2. The van der Waals surface area contributed by atoms with E-state index in [1.807, 2.05) is 0 Å². The molecule has 1 N–H and O–H groups in total. The number of hydrogen-bond acceptors (Lipinski definition) is 5. The number of aromatic nitrogens is 2. The highest BCUT2D eigenvalue weighted by molar-refractivity contribution is 5.77. The number of H-pyrrole nitrogens is 1. The molecule has 0 aliphatic heterocycles. The summed E-state index contributed by atoms with van der Waals surface area (Å²) in [4.78, 5) is 48.9. The third-order valence-corrected chi connectivity index (χ3v) is 2.78. The Bertz CT molecular complexity index is 604. The molecule has 1 amide bonds. The number of esters is 1.